The van der Waals surface area contributed by atoms with Crippen molar-refractivity contribution in [2.45, 2.75) is 39.0 Å². The number of fused-ring (bicyclic) bond motifs is 1. The van der Waals surface area contributed by atoms with Crippen molar-refractivity contribution in [1.29, 1.82) is 0 Å². The van der Waals surface area contributed by atoms with Gasteiger partial charge in [-0.3, -0.25) is 4.68 Å². The number of aromatic nitrogens is 4. The molecule has 1 atom stereocenters. The zero-order valence-corrected chi connectivity index (χ0v) is 17.4. The Morgan fingerprint density at radius 1 is 1.30 bits per heavy atom. The van der Waals surface area contributed by atoms with Crippen LogP contribution in [-0.4, -0.2) is 51.3 Å². The van der Waals surface area contributed by atoms with Gasteiger partial charge in [0.2, 0.25) is 5.95 Å². The molecule has 1 aromatic carbocycles. The number of aliphatic hydroxyl groups is 1. The topological polar surface area (TPSA) is 149 Å². The van der Waals surface area contributed by atoms with Crippen LogP contribution in [-0.2, 0) is 13.1 Å². The highest BCUT2D eigenvalue weighted by Crippen LogP contribution is 2.24. The average Bonchev–Trinajstić information content (AvgIpc) is 3.11. The summed E-state index contributed by atoms with van der Waals surface area (Å²) in [4.78, 5) is 8.57. The van der Waals surface area contributed by atoms with E-state index in [0.717, 1.165) is 29.7 Å². The highest BCUT2D eigenvalue weighted by Gasteiger charge is 2.14. The SMILES string of the molecule is CCCC(N)Nc1nc(N)nc2cn(Cc3ccc(CNCCO)cc3OC)nc12. The summed E-state index contributed by atoms with van der Waals surface area (Å²) < 4.78 is 7.35. The average molecular weight is 415 g/mol. The maximum Gasteiger partial charge on any atom is 0.222 e. The van der Waals surface area contributed by atoms with Crippen molar-refractivity contribution in [3.63, 3.8) is 0 Å². The van der Waals surface area contributed by atoms with Crippen LogP contribution in [0.2, 0.25) is 0 Å². The molecule has 0 spiro atoms. The number of nitrogens with two attached hydrogens (primary N) is 2. The quantitative estimate of drug-likeness (QED) is 0.229. The van der Waals surface area contributed by atoms with Crippen molar-refractivity contribution in [1.82, 2.24) is 25.1 Å². The smallest absolute Gasteiger partial charge is 0.222 e. The summed E-state index contributed by atoms with van der Waals surface area (Å²) in [7, 11) is 1.65. The highest BCUT2D eigenvalue weighted by atomic mass is 16.5. The summed E-state index contributed by atoms with van der Waals surface area (Å²) in [6, 6.07) is 6.02. The van der Waals surface area contributed by atoms with E-state index in [1.165, 1.54) is 0 Å². The number of nitrogen functional groups attached to an aromatic ring is 1. The first kappa shape index (κ1) is 21.8. The molecule has 10 heteroatoms. The van der Waals surface area contributed by atoms with Crippen molar-refractivity contribution >= 4 is 22.8 Å². The second-order valence-corrected chi connectivity index (χ2v) is 7.08. The number of rotatable bonds is 11. The Morgan fingerprint density at radius 2 is 2.13 bits per heavy atom. The number of nitrogens with zero attached hydrogens (tertiary/aromatic N) is 4. The third-order valence-corrected chi connectivity index (χ3v) is 4.65. The van der Waals surface area contributed by atoms with Crippen LogP contribution in [0.15, 0.2) is 24.4 Å². The maximum absolute atomic E-state index is 8.90. The molecule has 2 heterocycles. The maximum atomic E-state index is 8.90. The van der Waals surface area contributed by atoms with Gasteiger partial charge in [-0.05, 0) is 18.1 Å². The van der Waals surface area contributed by atoms with Crippen LogP contribution in [0.3, 0.4) is 0 Å². The Kier molecular flexibility index (Phi) is 7.39. The molecular formula is C20H30N8O2. The van der Waals surface area contributed by atoms with Crippen LogP contribution in [0.4, 0.5) is 11.8 Å². The van der Waals surface area contributed by atoms with Gasteiger partial charge in [0.05, 0.1) is 32.6 Å². The Hall–Kier alpha value is -2.95. The van der Waals surface area contributed by atoms with Gasteiger partial charge in [0.25, 0.3) is 0 Å². The van der Waals surface area contributed by atoms with E-state index >= 15 is 0 Å². The summed E-state index contributed by atoms with van der Waals surface area (Å²) >= 11 is 0. The van der Waals surface area contributed by atoms with Crippen LogP contribution >= 0.6 is 0 Å². The molecule has 0 amide bonds. The predicted octanol–water partition coefficient (Wildman–Crippen LogP) is 1.04. The van der Waals surface area contributed by atoms with Crippen LogP contribution in [0, 0.1) is 0 Å². The van der Waals surface area contributed by atoms with Crippen molar-refractivity contribution in [3.05, 3.63) is 35.5 Å². The number of anilines is 2. The minimum absolute atomic E-state index is 0.107. The van der Waals surface area contributed by atoms with Crippen molar-refractivity contribution in [3.8, 4) is 5.75 Å². The van der Waals surface area contributed by atoms with Gasteiger partial charge in [-0.2, -0.15) is 10.1 Å². The molecule has 0 radical (unpaired) electrons. The first-order valence-corrected chi connectivity index (χ1v) is 10.0. The first-order valence-electron chi connectivity index (χ1n) is 10.0. The van der Waals surface area contributed by atoms with E-state index in [1.807, 2.05) is 24.4 Å². The normalized spacial score (nSPS) is 12.3. The fourth-order valence-electron chi connectivity index (χ4n) is 3.23. The molecule has 7 N–H and O–H groups in total. The van der Waals surface area contributed by atoms with Crippen LogP contribution < -0.4 is 26.8 Å². The van der Waals surface area contributed by atoms with Crippen molar-refractivity contribution < 1.29 is 9.84 Å². The molecule has 0 aliphatic heterocycles. The molecular weight excluding hydrogens is 384 g/mol. The van der Waals surface area contributed by atoms with Gasteiger partial charge in [0.1, 0.15) is 11.3 Å². The highest BCUT2D eigenvalue weighted by molar-refractivity contribution is 5.85. The van der Waals surface area contributed by atoms with E-state index in [9.17, 15) is 0 Å². The van der Waals surface area contributed by atoms with Gasteiger partial charge < -0.3 is 31.9 Å². The fraction of sp³-hybridized carbons (Fsp3) is 0.450. The third-order valence-electron chi connectivity index (χ3n) is 4.65. The monoisotopic (exact) mass is 414 g/mol. The van der Waals surface area contributed by atoms with E-state index in [0.29, 0.717) is 36.5 Å². The molecule has 10 nitrogen and oxygen atoms in total. The van der Waals surface area contributed by atoms with E-state index < -0.39 is 0 Å². The summed E-state index contributed by atoms with van der Waals surface area (Å²) in [5, 5.41) is 19.9. The van der Waals surface area contributed by atoms with Gasteiger partial charge >= 0.3 is 0 Å². The molecule has 0 saturated carbocycles. The van der Waals surface area contributed by atoms with Crippen LogP contribution in [0.5, 0.6) is 5.75 Å². The van der Waals surface area contributed by atoms with Gasteiger partial charge in [-0.15, -0.1) is 0 Å². The van der Waals surface area contributed by atoms with Crippen LogP contribution in [0.25, 0.3) is 11.0 Å². The number of benzene rings is 1. The number of hydrogen-bond donors (Lipinski definition) is 5. The zero-order valence-electron chi connectivity index (χ0n) is 17.4. The number of ether oxygens (including phenoxy) is 1. The summed E-state index contributed by atoms with van der Waals surface area (Å²) in [5.74, 6) is 1.48. The van der Waals surface area contributed by atoms with E-state index in [-0.39, 0.29) is 18.7 Å². The van der Waals surface area contributed by atoms with Crippen molar-refractivity contribution in [2.75, 3.05) is 31.3 Å². The number of nitrogens with one attached hydrogen (secondary N) is 2. The van der Waals surface area contributed by atoms with Crippen LogP contribution in [0.1, 0.15) is 30.9 Å². The molecule has 3 rings (SSSR count). The molecule has 0 fully saturated rings. The van der Waals surface area contributed by atoms with E-state index in [1.54, 1.807) is 11.8 Å². The summed E-state index contributed by atoms with van der Waals surface area (Å²) in [6.07, 6.45) is 3.37. The van der Waals surface area contributed by atoms with Gasteiger partial charge in [-0.1, -0.05) is 25.5 Å². The molecule has 162 valence electrons. The number of methoxy groups -OCH3 is 1. The minimum Gasteiger partial charge on any atom is -0.496 e. The standard InChI is InChI=1S/C20H30N8O2/c1-3-4-17(21)25-19-18-15(24-20(22)26-19)12-28(27-18)11-14-6-5-13(9-16(14)30-2)10-23-7-8-29/h5-6,9,12,17,23,29H,3-4,7-8,10-11,21H2,1-2H3,(H3,22,24,25,26). The Morgan fingerprint density at radius 3 is 2.87 bits per heavy atom. The molecule has 0 saturated heterocycles. The Bertz CT molecular complexity index is 975. The lowest BCUT2D eigenvalue weighted by Crippen LogP contribution is -2.29. The number of hydrogen-bond acceptors (Lipinski definition) is 9. The zero-order chi connectivity index (χ0) is 21.5. The summed E-state index contributed by atoms with van der Waals surface area (Å²) in [5.41, 5.74) is 15.3. The van der Waals surface area contributed by atoms with E-state index in [2.05, 4.69) is 32.6 Å². The van der Waals surface area contributed by atoms with Gasteiger partial charge in [0, 0.05) is 18.7 Å². The second kappa shape index (κ2) is 10.2. The first-order chi connectivity index (χ1) is 14.5. The largest absolute Gasteiger partial charge is 0.496 e. The lowest BCUT2D eigenvalue weighted by molar-refractivity contribution is 0.292. The Labute approximate surface area is 175 Å². The third kappa shape index (κ3) is 5.35. The molecule has 0 aliphatic rings. The predicted molar refractivity (Wildman–Crippen MR) is 117 cm³/mol. The summed E-state index contributed by atoms with van der Waals surface area (Å²) in [6.45, 7) is 3.89. The molecule has 30 heavy (non-hydrogen) atoms. The molecule has 1 unspecified atom stereocenters. The fourth-order valence-corrected chi connectivity index (χ4v) is 3.23. The van der Waals surface area contributed by atoms with E-state index in [4.69, 9.17) is 21.3 Å². The van der Waals surface area contributed by atoms with Crippen molar-refractivity contribution in [2.24, 2.45) is 5.73 Å². The molecule has 2 aromatic heterocycles. The number of aliphatic hydroxyl groups excluding tert-OH is 1. The Balaban J connectivity index is 1.83. The molecule has 0 bridgehead atoms. The molecule has 0 aliphatic carbocycles. The minimum atomic E-state index is -0.232. The lowest BCUT2D eigenvalue weighted by Gasteiger charge is -2.13. The van der Waals surface area contributed by atoms with Gasteiger partial charge in [-0.25, -0.2) is 4.98 Å². The van der Waals surface area contributed by atoms with Gasteiger partial charge in [0.15, 0.2) is 11.3 Å². The second-order valence-electron chi connectivity index (χ2n) is 7.08. The molecule has 3 aromatic rings. The lowest BCUT2D eigenvalue weighted by atomic mass is 10.1.